The van der Waals surface area contributed by atoms with Crippen LogP contribution in [-0.4, -0.2) is 31.8 Å². The summed E-state index contributed by atoms with van der Waals surface area (Å²) in [4.78, 5) is 2.38. The summed E-state index contributed by atoms with van der Waals surface area (Å²) < 4.78 is 5.73. The van der Waals surface area contributed by atoms with Crippen molar-refractivity contribution < 1.29 is 4.74 Å². The molecule has 0 bridgehead atoms. The van der Waals surface area contributed by atoms with Gasteiger partial charge in [0, 0.05) is 29.8 Å². The lowest BCUT2D eigenvalue weighted by Gasteiger charge is -2.35. The van der Waals surface area contributed by atoms with E-state index in [1.807, 2.05) is 13.0 Å². The number of morpholine rings is 1. The number of nitrogens with zero attached hydrogens (tertiary/aromatic N) is 1. The van der Waals surface area contributed by atoms with Gasteiger partial charge in [-0.1, -0.05) is 24.6 Å². The van der Waals surface area contributed by atoms with E-state index in [1.165, 1.54) is 11.3 Å². The Morgan fingerprint density at radius 3 is 3.00 bits per heavy atom. The molecule has 4 heteroatoms. The number of rotatable bonds is 4. The fraction of sp³-hybridized carbons (Fsp3) is 0.600. The van der Waals surface area contributed by atoms with E-state index in [2.05, 4.69) is 24.0 Å². The highest BCUT2D eigenvalue weighted by Crippen LogP contribution is 2.28. The minimum atomic E-state index is 0.155. The van der Waals surface area contributed by atoms with Crippen molar-refractivity contribution in [2.75, 3.05) is 24.6 Å². The Morgan fingerprint density at radius 1 is 1.53 bits per heavy atom. The molecule has 0 saturated carbocycles. The van der Waals surface area contributed by atoms with Crippen LogP contribution in [0.2, 0.25) is 5.02 Å². The third-order valence-electron chi connectivity index (χ3n) is 3.52. The first-order valence-electron chi connectivity index (χ1n) is 7.00. The predicted molar refractivity (Wildman–Crippen MR) is 81.0 cm³/mol. The highest BCUT2D eigenvalue weighted by molar-refractivity contribution is 6.30. The fourth-order valence-corrected chi connectivity index (χ4v) is 2.70. The lowest BCUT2D eigenvalue weighted by atomic mass is 10.0. The molecule has 1 aliphatic rings. The smallest absolute Gasteiger partial charge is 0.0748 e. The molecule has 0 aliphatic carbocycles. The van der Waals surface area contributed by atoms with Crippen LogP contribution in [0.15, 0.2) is 18.2 Å². The second kappa shape index (κ2) is 6.60. The molecule has 19 heavy (non-hydrogen) atoms. The highest BCUT2D eigenvalue weighted by atomic mass is 35.5. The molecule has 0 spiro atoms. The van der Waals surface area contributed by atoms with Crippen LogP contribution in [0, 0.1) is 0 Å². The van der Waals surface area contributed by atoms with Gasteiger partial charge in [0.25, 0.3) is 0 Å². The number of halogens is 1. The zero-order valence-electron chi connectivity index (χ0n) is 11.7. The summed E-state index contributed by atoms with van der Waals surface area (Å²) >= 11 is 6.15. The first kappa shape index (κ1) is 14.6. The van der Waals surface area contributed by atoms with Crippen molar-refractivity contribution in [2.45, 2.75) is 38.8 Å². The maximum Gasteiger partial charge on any atom is 0.0748 e. The summed E-state index contributed by atoms with van der Waals surface area (Å²) in [5, 5.41) is 0.781. The standard InChI is InChI=1S/C15H23ClN2O/c1-3-14-10-18(6-7-19-14)15-9-13(16)5-4-12(15)8-11(2)17/h4-5,9,11,14H,3,6-8,10,17H2,1-2H3. The summed E-state index contributed by atoms with van der Waals surface area (Å²) in [6.07, 6.45) is 2.23. The number of hydrogen-bond acceptors (Lipinski definition) is 3. The summed E-state index contributed by atoms with van der Waals surface area (Å²) in [6, 6.07) is 6.25. The summed E-state index contributed by atoms with van der Waals surface area (Å²) in [5.74, 6) is 0. The van der Waals surface area contributed by atoms with Gasteiger partial charge in [-0.2, -0.15) is 0 Å². The lowest BCUT2D eigenvalue weighted by Crippen LogP contribution is -2.42. The molecule has 0 radical (unpaired) electrons. The Hall–Kier alpha value is -0.770. The van der Waals surface area contributed by atoms with Crippen molar-refractivity contribution in [2.24, 2.45) is 5.73 Å². The Balaban J connectivity index is 2.23. The van der Waals surface area contributed by atoms with E-state index in [0.29, 0.717) is 6.10 Å². The quantitative estimate of drug-likeness (QED) is 0.923. The molecular formula is C15H23ClN2O. The fourth-order valence-electron chi connectivity index (χ4n) is 2.54. The minimum absolute atomic E-state index is 0.155. The summed E-state index contributed by atoms with van der Waals surface area (Å²) in [5.41, 5.74) is 8.43. The lowest BCUT2D eigenvalue weighted by molar-refractivity contribution is 0.0384. The Kier molecular flexibility index (Phi) is 5.08. The van der Waals surface area contributed by atoms with E-state index >= 15 is 0 Å². The van der Waals surface area contributed by atoms with Crippen LogP contribution < -0.4 is 10.6 Å². The van der Waals surface area contributed by atoms with Gasteiger partial charge in [0.2, 0.25) is 0 Å². The van der Waals surface area contributed by atoms with Crippen molar-refractivity contribution in [3.05, 3.63) is 28.8 Å². The molecule has 2 unspecified atom stereocenters. The van der Waals surface area contributed by atoms with Gasteiger partial charge in [-0.15, -0.1) is 0 Å². The molecule has 106 valence electrons. The molecule has 0 aromatic heterocycles. The van der Waals surface area contributed by atoms with Crippen LogP contribution in [0.1, 0.15) is 25.8 Å². The van der Waals surface area contributed by atoms with E-state index in [1.54, 1.807) is 0 Å². The summed E-state index contributed by atoms with van der Waals surface area (Å²) in [6.45, 7) is 6.83. The van der Waals surface area contributed by atoms with Crippen molar-refractivity contribution in [1.82, 2.24) is 0 Å². The largest absolute Gasteiger partial charge is 0.375 e. The molecule has 0 amide bonds. The van der Waals surface area contributed by atoms with Gasteiger partial charge in [-0.3, -0.25) is 0 Å². The molecule has 3 nitrogen and oxygen atoms in total. The van der Waals surface area contributed by atoms with Crippen LogP contribution in [0.5, 0.6) is 0 Å². The van der Waals surface area contributed by atoms with Gasteiger partial charge >= 0.3 is 0 Å². The van der Waals surface area contributed by atoms with Crippen LogP contribution >= 0.6 is 11.6 Å². The van der Waals surface area contributed by atoms with Gasteiger partial charge in [-0.05, 0) is 37.5 Å². The molecule has 1 fully saturated rings. The first-order valence-corrected chi connectivity index (χ1v) is 7.38. The van der Waals surface area contributed by atoms with Crippen molar-refractivity contribution in [1.29, 1.82) is 0 Å². The second-order valence-electron chi connectivity index (χ2n) is 5.30. The zero-order chi connectivity index (χ0) is 13.8. The van der Waals surface area contributed by atoms with E-state index < -0.39 is 0 Å². The van der Waals surface area contributed by atoms with Gasteiger partial charge in [0.15, 0.2) is 0 Å². The molecule has 1 aromatic rings. The maximum absolute atomic E-state index is 6.15. The molecule has 2 N–H and O–H groups in total. The number of hydrogen-bond donors (Lipinski definition) is 1. The number of ether oxygens (including phenoxy) is 1. The molecular weight excluding hydrogens is 260 g/mol. The van der Waals surface area contributed by atoms with Crippen LogP contribution in [-0.2, 0) is 11.2 Å². The van der Waals surface area contributed by atoms with Crippen LogP contribution in [0.3, 0.4) is 0 Å². The van der Waals surface area contributed by atoms with E-state index in [-0.39, 0.29) is 6.04 Å². The van der Waals surface area contributed by atoms with Crippen LogP contribution in [0.4, 0.5) is 5.69 Å². The monoisotopic (exact) mass is 282 g/mol. The summed E-state index contributed by atoms with van der Waals surface area (Å²) in [7, 11) is 0. The molecule has 2 rings (SSSR count). The van der Waals surface area contributed by atoms with Gasteiger partial charge in [-0.25, -0.2) is 0 Å². The third kappa shape index (κ3) is 3.85. The van der Waals surface area contributed by atoms with Crippen molar-refractivity contribution in [3.63, 3.8) is 0 Å². The number of benzene rings is 1. The Bertz CT molecular complexity index is 423. The van der Waals surface area contributed by atoms with Gasteiger partial charge in [0.05, 0.1) is 12.7 Å². The highest BCUT2D eigenvalue weighted by Gasteiger charge is 2.21. The topological polar surface area (TPSA) is 38.5 Å². The predicted octanol–water partition coefficient (Wildman–Crippen LogP) is 2.84. The van der Waals surface area contributed by atoms with Gasteiger partial charge in [0.1, 0.15) is 0 Å². The third-order valence-corrected chi connectivity index (χ3v) is 3.76. The normalized spacial score (nSPS) is 21.5. The molecule has 1 aliphatic heterocycles. The average molecular weight is 283 g/mol. The second-order valence-corrected chi connectivity index (χ2v) is 5.74. The van der Waals surface area contributed by atoms with Crippen molar-refractivity contribution in [3.8, 4) is 0 Å². The molecule has 1 aromatic carbocycles. The van der Waals surface area contributed by atoms with E-state index in [0.717, 1.165) is 37.6 Å². The molecule has 2 atom stereocenters. The van der Waals surface area contributed by atoms with E-state index in [9.17, 15) is 0 Å². The SMILES string of the molecule is CCC1CN(c2cc(Cl)ccc2CC(C)N)CCO1. The van der Waals surface area contributed by atoms with E-state index in [4.69, 9.17) is 22.1 Å². The Labute approximate surface area is 120 Å². The average Bonchev–Trinajstić information content (AvgIpc) is 2.40. The van der Waals surface area contributed by atoms with Crippen LogP contribution in [0.25, 0.3) is 0 Å². The zero-order valence-corrected chi connectivity index (χ0v) is 12.5. The first-order chi connectivity index (χ1) is 9.10. The number of nitrogens with two attached hydrogens (primary N) is 1. The maximum atomic E-state index is 6.15. The minimum Gasteiger partial charge on any atom is -0.375 e. The molecule has 1 heterocycles. The van der Waals surface area contributed by atoms with Gasteiger partial charge < -0.3 is 15.4 Å². The molecule has 1 saturated heterocycles. The Morgan fingerprint density at radius 2 is 2.32 bits per heavy atom. The van der Waals surface area contributed by atoms with Crippen molar-refractivity contribution >= 4 is 17.3 Å². The number of anilines is 1.